The molecule has 1 fully saturated rings. The van der Waals surface area contributed by atoms with Crippen molar-refractivity contribution in [3.63, 3.8) is 0 Å². The summed E-state index contributed by atoms with van der Waals surface area (Å²) >= 11 is 1.46. The van der Waals surface area contributed by atoms with E-state index in [9.17, 15) is 14.7 Å². The Morgan fingerprint density at radius 1 is 1.43 bits per heavy atom. The van der Waals surface area contributed by atoms with E-state index in [2.05, 4.69) is 4.99 Å². The Balaban J connectivity index is 1.93. The second-order valence-corrected chi connectivity index (χ2v) is 5.81. The van der Waals surface area contributed by atoms with Crippen molar-refractivity contribution in [1.82, 2.24) is 4.90 Å². The molecule has 0 radical (unpaired) electrons. The minimum absolute atomic E-state index is 0.00914. The molecule has 2 unspecified atom stereocenters. The van der Waals surface area contributed by atoms with E-state index in [1.165, 1.54) is 22.9 Å². The smallest absolute Gasteiger partial charge is 0.353 e. The highest BCUT2D eigenvalue weighted by Gasteiger charge is 2.51. The van der Waals surface area contributed by atoms with Crippen molar-refractivity contribution in [2.75, 3.05) is 5.75 Å². The average Bonchev–Trinajstić information content (AvgIpc) is 2.52. The van der Waals surface area contributed by atoms with E-state index in [1.807, 2.05) is 30.3 Å². The third-order valence-electron chi connectivity index (χ3n) is 3.37. The van der Waals surface area contributed by atoms with Gasteiger partial charge in [0.05, 0.1) is 5.69 Å². The SMILES string of the molecule is NC1C(=O)N2C(C(=O)O)=C(C=Nc3ccccc3)CSC12. The van der Waals surface area contributed by atoms with Gasteiger partial charge in [0.15, 0.2) is 0 Å². The average molecular weight is 303 g/mol. The van der Waals surface area contributed by atoms with Crippen LogP contribution in [-0.4, -0.2) is 45.3 Å². The second kappa shape index (κ2) is 5.34. The van der Waals surface area contributed by atoms with E-state index in [0.29, 0.717) is 11.3 Å². The summed E-state index contributed by atoms with van der Waals surface area (Å²) in [6.45, 7) is 0. The molecular weight excluding hydrogens is 290 g/mol. The van der Waals surface area contributed by atoms with Crippen LogP contribution in [0.3, 0.4) is 0 Å². The molecule has 3 N–H and O–H groups in total. The third kappa shape index (κ3) is 2.34. The normalized spacial score (nSPS) is 25.0. The second-order valence-electron chi connectivity index (χ2n) is 4.71. The van der Waals surface area contributed by atoms with Gasteiger partial charge in [-0.3, -0.25) is 14.7 Å². The Labute approximate surface area is 125 Å². The lowest BCUT2D eigenvalue weighted by atomic mass is 10.0. The predicted molar refractivity (Wildman–Crippen MR) is 80.3 cm³/mol. The van der Waals surface area contributed by atoms with Crippen molar-refractivity contribution in [3.05, 3.63) is 41.6 Å². The number of thioether (sulfide) groups is 1. The molecule has 21 heavy (non-hydrogen) atoms. The number of amides is 1. The summed E-state index contributed by atoms with van der Waals surface area (Å²) in [7, 11) is 0. The molecule has 0 aliphatic carbocycles. The molecule has 3 rings (SSSR count). The van der Waals surface area contributed by atoms with Crippen molar-refractivity contribution < 1.29 is 14.7 Å². The molecule has 0 saturated carbocycles. The van der Waals surface area contributed by atoms with E-state index in [1.54, 1.807) is 0 Å². The minimum atomic E-state index is -1.13. The van der Waals surface area contributed by atoms with Gasteiger partial charge in [0.2, 0.25) is 5.91 Å². The first-order chi connectivity index (χ1) is 10.1. The van der Waals surface area contributed by atoms with Crippen molar-refractivity contribution >= 4 is 35.5 Å². The van der Waals surface area contributed by atoms with Crippen LogP contribution in [0, 0.1) is 0 Å². The summed E-state index contributed by atoms with van der Waals surface area (Å²) in [4.78, 5) is 28.7. The molecule has 0 aromatic heterocycles. The lowest BCUT2D eigenvalue weighted by Crippen LogP contribution is -2.68. The van der Waals surface area contributed by atoms with Crippen LogP contribution in [0.2, 0.25) is 0 Å². The standard InChI is InChI=1S/C14H13N3O3S/c15-10-12(18)17-11(14(19)20)8(7-21-13(10)17)6-16-9-4-2-1-3-5-9/h1-6,10,13H,7,15H2,(H,19,20). The van der Waals surface area contributed by atoms with E-state index < -0.39 is 12.0 Å². The number of rotatable bonds is 3. The van der Waals surface area contributed by atoms with Gasteiger partial charge in [0, 0.05) is 17.5 Å². The first-order valence-corrected chi connectivity index (χ1v) is 7.40. The number of benzene rings is 1. The molecule has 0 spiro atoms. The lowest BCUT2D eigenvalue weighted by Gasteiger charge is -2.47. The quantitative estimate of drug-likeness (QED) is 0.641. The van der Waals surface area contributed by atoms with Gasteiger partial charge in [-0.05, 0) is 12.1 Å². The van der Waals surface area contributed by atoms with Gasteiger partial charge in [0.25, 0.3) is 0 Å². The molecule has 108 valence electrons. The molecule has 6 nitrogen and oxygen atoms in total. The molecule has 1 saturated heterocycles. The molecule has 1 aromatic rings. The summed E-state index contributed by atoms with van der Waals surface area (Å²) in [5.41, 5.74) is 6.93. The Morgan fingerprint density at radius 3 is 2.81 bits per heavy atom. The van der Waals surface area contributed by atoms with Crippen LogP contribution in [0.15, 0.2) is 46.6 Å². The number of hydrogen-bond acceptors (Lipinski definition) is 5. The fourth-order valence-electron chi connectivity index (χ4n) is 2.31. The number of carbonyl (C=O) groups is 2. The summed E-state index contributed by atoms with van der Waals surface area (Å²) in [6.07, 6.45) is 1.51. The Kier molecular flexibility index (Phi) is 3.52. The highest BCUT2D eigenvalue weighted by molar-refractivity contribution is 8.00. The van der Waals surface area contributed by atoms with Gasteiger partial charge in [-0.1, -0.05) is 18.2 Å². The zero-order valence-electron chi connectivity index (χ0n) is 11.0. The Morgan fingerprint density at radius 2 is 2.14 bits per heavy atom. The van der Waals surface area contributed by atoms with Gasteiger partial charge in [0.1, 0.15) is 17.1 Å². The van der Waals surface area contributed by atoms with Crippen molar-refractivity contribution in [3.8, 4) is 0 Å². The number of carbonyl (C=O) groups excluding carboxylic acids is 1. The molecule has 1 aromatic carbocycles. The highest BCUT2D eigenvalue weighted by atomic mass is 32.2. The first-order valence-electron chi connectivity index (χ1n) is 6.35. The number of nitrogens with zero attached hydrogens (tertiary/aromatic N) is 2. The van der Waals surface area contributed by atoms with Gasteiger partial charge in [-0.15, -0.1) is 11.8 Å². The fourth-order valence-corrected chi connectivity index (χ4v) is 3.55. The van der Waals surface area contributed by atoms with E-state index >= 15 is 0 Å². The number of β-lactam (4-membered cyclic amide) rings is 1. The lowest BCUT2D eigenvalue weighted by molar-refractivity contribution is -0.147. The van der Waals surface area contributed by atoms with Crippen LogP contribution in [0.4, 0.5) is 5.69 Å². The van der Waals surface area contributed by atoms with E-state index in [0.717, 1.165) is 5.69 Å². The monoisotopic (exact) mass is 303 g/mol. The van der Waals surface area contributed by atoms with Crippen molar-refractivity contribution in [2.45, 2.75) is 11.4 Å². The number of para-hydroxylation sites is 1. The molecule has 1 amide bonds. The van der Waals surface area contributed by atoms with Crippen LogP contribution in [0.25, 0.3) is 0 Å². The topological polar surface area (TPSA) is 96.0 Å². The zero-order valence-corrected chi connectivity index (χ0v) is 11.8. The maximum atomic E-state index is 11.8. The maximum absolute atomic E-state index is 11.8. The number of fused-ring (bicyclic) bond motifs is 1. The Bertz CT molecular complexity index is 657. The highest BCUT2D eigenvalue weighted by Crippen LogP contribution is 2.39. The summed E-state index contributed by atoms with van der Waals surface area (Å²) in [5.74, 6) is -1.01. The van der Waals surface area contributed by atoms with Gasteiger partial charge < -0.3 is 10.8 Å². The van der Waals surface area contributed by atoms with Crippen molar-refractivity contribution in [1.29, 1.82) is 0 Å². The fraction of sp³-hybridized carbons (Fsp3) is 0.214. The van der Waals surface area contributed by atoms with Gasteiger partial charge >= 0.3 is 5.97 Å². The number of carboxylic acids is 1. The molecule has 2 heterocycles. The number of aliphatic carboxylic acids is 1. The molecule has 2 atom stereocenters. The predicted octanol–water partition coefficient (Wildman–Crippen LogP) is 0.970. The first kappa shape index (κ1) is 13.8. The molecule has 0 bridgehead atoms. The molecular formula is C14H13N3O3S. The van der Waals surface area contributed by atoms with Gasteiger partial charge in [-0.25, -0.2) is 4.79 Å². The molecule has 7 heteroatoms. The number of hydrogen-bond donors (Lipinski definition) is 2. The third-order valence-corrected chi connectivity index (χ3v) is 4.69. The Hall–Kier alpha value is -2.12. The minimum Gasteiger partial charge on any atom is -0.477 e. The number of aliphatic imine (C=N–C) groups is 1. The maximum Gasteiger partial charge on any atom is 0.353 e. The van der Waals surface area contributed by atoms with E-state index in [4.69, 9.17) is 5.73 Å². The van der Waals surface area contributed by atoms with Crippen LogP contribution < -0.4 is 5.73 Å². The largest absolute Gasteiger partial charge is 0.477 e. The number of carboxylic acid groups (broad SMARTS) is 1. The summed E-state index contributed by atoms with van der Waals surface area (Å²) < 4.78 is 0. The molecule has 2 aliphatic heterocycles. The van der Waals surface area contributed by atoms with Crippen LogP contribution >= 0.6 is 11.8 Å². The zero-order chi connectivity index (χ0) is 15.0. The molecule has 2 aliphatic rings. The van der Waals surface area contributed by atoms with E-state index in [-0.39, 0.29) is 17.0 Å². The van der Waals surface area contributed by atoms with Gasteiger partial charge in [-0.2, -0.15) is 0 Å². The summed E-state index contributed by atoms with van der Waals surface area (Å²) in [6, 6.07) is 8.60. The summed E-state index contributed by atoms with van der Waals surface area (Å²) in [5, 5.41) is 9.09. The van der Waals surface area contributed by atoms with Crippen molar-refractivity contribution in [2.24, 2.45) is 10.7 Å². The number of nitrogens with two attached hydrogens (primary N) is 1. The van der Waals surface area contributed by atoms with Crippen LogP contribution in [0.1, 0.15) is 0 Å². The van der Waals surface area contributed by atoms with Crippen LogP contribution in [-0.2, 0) is 9.59 Å². The van der Waals surface area contributed by atoms with Crippen LogP contribution in [0.5, 0.6) is 0 Å².